The third-order valence-corrected chi connectivity index (χ3v) is 5.09. The van der Waals surface area contributed by atoms with E-state index in [2.05, 4.69) is 5.32 Å². The maximum Gasteiger partial charge on any atom is 0.295 e. The molecule has 0 aliphatic carbocycles. The number of nitrogens with one attached hydrogen (secondary N) is 1. The molecule has 0 bridgehead atoms. The summed E-state index contributed by atoms with van der Waals surface area (Å²) in [5.74, 6) is -0.291. The Hall–Kier alpha value is -3.32. The number of carbonyl (C=O) groups is 2. The highest BCUT2D eigenvalue weighted by Crippen LogP contribution is 2.24. The van der Waals surface area contributed by atoms with Gasteiger partial charge in [-0.1, -0.05) is 29.8 Å². The molecule has 0 saturated carbocycles. The largest absolute Gasteiger partial charge is 0.496 e. The number of hydrogen-bond donors (Lipinski definition) is 1. The predicted molar refractivity (Wildman–Crippen MR) is 116 cm³/mol. The van der Waals surface area contributed by atoms with Crippen molar-refractivity contribution in [2.24, 2.45) is 7.05 Å². The standard InChI is InChI=1S/C22H22ClN3O4/c1-14-21(22(29)26(25(14)2)16-7-5-4-6-8-16)24-20(28)12-10-18(27)17-13-15(23)9-11-19(17)30-3/h4-9,11,13H,10,12H2,1-3H3,(H,24,28). The second kappa shape index (κ2) is 9.00. The highest BCUT2D eigenvalue weighted by molar-refractivity contribution is 6.31. The van der Waals surface area contributed by atoms with Crippen LogP contribution in [0.2, 0.25) is 5.02 Å². The number of halogens is 1. The number of methoxy groups -OCH3 is 1. The fraction of sp³-hybridized carbons (Fsp3) is 0.227. The van der Waals surface area contributed by atoms with Gasteiger partial charge >= 0.3 is 0 Å². The van der Waals surface area contributed by atoms with Crippen LogP contribution in [0, 0.1) is 6.92 Å². The van der Waals surface area contributed by atoms with Crippen LogP contribution in [0.25, 0.3) is 5.69 Å². The molecular weight excluding hydrogens is 406 g/mol. The number of hydrogen-bond acceptors (Lipinski definition) is 4. The molecule has 1 heterocycles. The van der Waals surface area contributed by atoms with Crippen LogP contribution in [0.5, 0.6) is 5.75 Å². The summed E-state index contributed by atoms with van der Waals surface area (Å²) in [6, 6.07) is 13.9. The summed E-state index contributed by atoms with van der Waals surface area (Å²) in [5.41, 5.74) is 1.48. The molecule has 1 aromatic heterocycles. The molecule has 1 N–H and O–H groups in total. The van der Waals surface area contributed by atoms with Crippen molar-refractivity contribution in [3.8, 4) is 11.4 Å². The molecule has 0 aliphatic rings. The van der Waals surface area contributed by atoms with E-state index in [4.69, 9.17) is 16.3 Å². The minimum absolute atomic E-state index is 0.0404. The third kappa shape index (κ3) is 4.31. The Morgan fingerprint density at radius 2 is 1.80 bits per heavy atom. The van der Waals surface area contributed by atoms with Gasteiger partial charge in [-0.25, -0.2) is 4.68 Å². The molecule has 0 atom stereocenters. The zero-order valence-corrected chi connectivity index (χ0v) is 17.7. The van der Waals surface area contributed by atoms with Crippen molar-refractivity contribution >= 4 is 29.0 Å². The molecule has 0 unspecified atom stereocenters. The lowest BCUT2D eigenvalue weighted by Gasteiger charge is -2.08. The molecule has 7 nitrogen and oxygen atoms in total. The highest BCUT2D eigenvalue weighted by Gasteiger charge is 2.19. The van der Waals surface area contributed by atoms with Gasteiger partial charge < -0.3 is 10.1 Å². The van der Waals surface area contributed by atoms with E-state index in [0.29, 0.717) is 27.7 Å². The number of rotatable bonds is 7. The molecule has 2 aromatic carbocycles. The number of ether oxygens (including phenoxy) is 1. The van der Waals surface area contributed by atoms with Crippen LogP contribution >= 0.6 is 11.6 Å². The van der Waals surface area contributed by atoms with E-state index in [1.54, 1.807) is 30.8 Å². The first-order valence-electron chi connectivity index (χ1n) is 9.34. The van der Waals surface area contributed by atoms with Gasteiger partial charge in [-0.2, -0.15) is 0 Å². The van der Waals surface area contributed by atoms with Gasteiger partial charge in [-0.15, -0.1) is 0 Å². The summed E-state index contributed by atoms with van der Waals surface area (Å²) in [6.45, 7) is 1.75. The van der Waals surface area contributed by atoms with Crippen molar-refractivity contribution in [3.63, 3.8) is 0 Å². The molecule has 3 rings (SSSR count). The lowest BCUT2D eigenvalue weighted by molar-refractivity contribution is -0.116. The number of amides is 1. The van der Waals surface area contributed by atoms with E-state index in [1.165, 1.54) is 17.9 Å². The van der Waals surface area contributed by atoms with E-state index in [9.17, 15) is 14.4 Å². The fourth-order valence-electron chi connectivity index (χ4n) is 3.17. The average Bonchev–Trinajstić information content (AvgIpc) is 2.95. The van der Waals surface area contributed by atoms with Gasteiger partial charge in [0, 0.05) is 24.9 Å². The molecule has 0 fully saturated rings. The maximum atomic E-state index is 12.9. The Labute approximate surface area is 178 Å². The zero-order chi connectivity index (χ0) is 21.8. The number of benzene rings is 2. The first-order chi connectivity index (χ1) is 14.3. The Bertz CT molecular complexity index is 1150. The van der Waals surface area contributed by atoms with Crippen LogP contribution in [0.4, 0.5) is 5.69 Å². The summed E-state index contributed by atoms with van der Waals surface area (Å²) in [4.78, 5) is 37.8. The van der Waals surface area contributed by atoms with Crippen molar-refractivity contribution in [1.82, 2.24) is 9.36 Å². The number of aromatic nitrogens is 2. The van der Waals surface area contributed by atoms with E-state index in [0.717, 1.165) is 0 Å². The summed E-state index contributed by atoms with van der Waals surface area (Å²) in [5, 5.41) is 3.06. The van der Waals surface area contributed by atoms with Crippen LogP contribution in [0.15, 0.2) is 53.3 Å². The smallest absolute Gasteiger partial charge is 0.295 e. The van der Waals surface area contributed by atoms with E-state index >= 15 is 0 Å². The maximum absolute atomic E-state index is 12.9. The summed E-state index contributed by atoms with van der Waals surface area (Å²) < 4.78 is 8.34. The second-order valence-electron chi connectivity index (χ2n) is 6.75. The van der Waals surface area contributed by atoms with Gasteiger partial charge in [0.15, 0.2) is 5.78 Å². The molecule has 0 aliphatic heterocycles. The quantitative estimate of drug-likeness (QED) is 0.582. The van der Waals surface area contributed by atoms with Crippen LogP contribution in [-0.2, 0) is 11.8 Å². The van der Waals surface area contributed by atoms with Crippen LogP contribution in [-0.4, -0.2) is 28.2 Å². The minimum atomic E-state index is -0.421. The Morgan fingerprint density at radius 3 is 2.47 bits per heavy atom. The number of para-hydroxylation sites is 1. The Balaban J connectivity index is 1.74. The number of nitrogens with zero attached hydrogens (tertiary/aromatic N) is 2. The van der Waals surface area contributed by atoms with Crippen molar-refractivity contribution < 1.29 is 14.3 Å². The Morgan fingerprint density at radius 1 is 1.10 bits per heavy atom. The first kappa shape index (κ1) is 21.4. The lowest BCUT2D eigenvalue weighted by Crippen LogP contribution is -2.23. The third-order valence-electron chi connectivity index (χ3n) is 4.86. The Kier molecular flexibility index (Phi) is 6.42. The molecule has 0 spiro atoms. The molecule has 30 heavy (non-hydrogen) atoms. The SMILES string of the molecule is COc1ccc(Cl)cc1C(=O)CCC(=O)Nc1c(C)n(C)n(-c2ccccc2)c1=O. The van der Waals surface area contributed by atoms with Crippen LogP contribution < -0.4 is 15.6 Å². The van der Waals surface area contributed by atoms with E-state index < -0.39 is 5.91 Å². The van der Waals surface area contributed by atoms with Crippen molar-refractivity contribution in [2.75, 3.05) is 12.4 Å². The van der Waals surface area contributed by atoms with E-state index in [1.807, 2.05) is 30.3 Å². The predicted octanol–water partition coefficient (Wildman–Crippen LogP) is 3.75. The fourth-order valence-corrected chi connectivity index (χ4v) is 3.35. The molecule has 156 valence electrons. The van der Waals surface area contributed by atoms with Gasteiger partial charge in [0.1, 0.15) is 11.4 Å². The summed E-state index contributed by atoms with van der Waals surface area (Å²) in [7, 11) is 3.21. The monoisotopic (exact) mass is 427 g/mol. The van der Waals surface area contributed by atoms with Crippen molar-refractivity contribution in [1.29, 1.82) is 0 Å². The number of Topliss-reactive ketones (excluding diaryl/α,β-unsaturated/α-hetero) is 1. The molecule has 3 aromatic rings. The van der Waals surface area contributed by atoms with Gasteiger partial charge in [0.05, 0.1) is 24.1 Å². The first-order valence-corrected chi connectivity index (χ1v) is 9.72. The van der Waals surface area contributed by atoms with E-state index in [-0.39, 0.29) is 29.9 Å². The minimum Gasteiger partial charge on any atom is -0.496 e. The van der Waals surface area contributed by atoms with Gasteiger partial charge in [-0.05, 0) is 37.3 Å². The average molecular weight is 428 g/mol. The molecule has 0 radical (unpaired) electrons. The lowest BCUT2D eigenvalue weighted by atomic mass is 10.1. The second-order valence-corrected chi connectivity index (χ2v) is 7.19. The molecule has 1 amide bonds. The van der Waals surface area contributed by atoms with Crippen LogP contribution in [0.3, 0.4) is 0 Å². The zero-order valence-electron chi connectivity index (χ0n) is 16.9. The highest BCUT2D eigenvalue weighted by atomic mass is 35.5. The van der Waals surface area contributed by atoms with Crippen LogP contribution in [0.1, 0.15) is 28.9 Å². The molecular formula is C22H22ClN3O4. The number of anilines is 1. The topological polar surface area (TPSA) is 82.3 Å². The molecule has 0 saturated heterocycles. The number of ketones is 1. The van der Waals surface area contributed by atoms with Crippen molar-refractivity contribution in [2.45, 2.75) is 19.8 Å². The summed E-state index contributed by atoms with van der Waals surface area (Å²) >= 11 is 5.96. The van der Waals surface area contributed by atoms with Gasteiger partial charge in [-0.3, -0.25) is 19.1 Å². The van der Waals surface area contributed by atoms with Gasteiger partial charge in [0.2, 0.25) is 5.91 Å². The summed E-state index contributed by atoms with van der Waals surface area (Å²) in [6.07, 6.45) is -0.116. The number of carbonyl (C=O) groups excluding carboxylic acids is 2. The van der Waals surface area contributed by atoms with Gasteiger partial charge in [0.25, 0.3) is 5.56 Å². The molecule has 8 heteroatoms. The normalized spacial score (nSPS) is 10.7. The van der Waals surface area contributed by atoms with Crippen molar-refractivity contribution in [3.05, 3.63) is 75.2 Å².